The molecule has 0 spiro atoms. The smallest absolute Gasteiger partial charge is 0 e. The molecule has 0 aromatic heterocycles. The van der Waals surface area contributed by atoms with Gasteiger partial charge in [0, 0.05) is 1.43 Å². The van der Waals surface area contributed by atoms with Gasteiger partial charge >= 0.3 is 0 Å². The molecule has 1 N–H and O–H groups in total. The Morgan fingerprint density at radius 2 is 2.09 bits per heavy atom. The fourth-order valence-corrected chi connectivity index (χ4v) is 2.06. The number of rotatable bonds is 2. The zero-order valence-electron chi connectivity index (χ0n) is 7.90. The van der Waals surface area contributed by atoms with Gasteiger partial charge in [-0.2, -0.15) is 0 Å². The maximum absolute atomic E-state index is 3.28. The highest BCUT2D eigenvalue weighted by molar-refractivity contribution is 4.68. The average Bonchev–Trinajstić information content (AvgIpc) is 2.17. The monoisotopic (exact) mass is 157 g/mol. The summed E-state index contributed by atoms with van der Waals surface area (Å²) in [5.74, 6) is 1.95. The van der Waals surface area contributed by atoms with Gasteiger partial charge in [0.25, 0.3) is 0 Å². The fraction of sp³-hybridized carbons (Fsp3) is 1.00. The molecule has 0 heterocycles. The Labute approximate surface area is 72.1 Å². The van der Waals surface area contributed by atoms with Crippen LogP contribution in [0, 0.1) is 11.8 Å². The standard InChI is InChI=1S/C10H21N.H2/c1-9-4-3-5-10(7-6-9)8-11-2;/h9-11H,3-8H2,1-2H3;1H/t9-,10-;/m0./s1. The van der Waals surface area contributed by atoms with Gasteiger partial charge in [-0.25, -0.2) is 0 Å². The summed E-state index contributed by atoms with van der Waals surface area (Å²) >= 11 is 0. The van der Waals surface area contributed by atoms with E-state index < -0.39 is 0 Å². The lowest BCUT2D eigenvalue weighted by Gasteiger charge is -2.12. The Balaban J connectivity index is 0.00000121. The number of nitrogens with one attached hydrogen (secondary N) is 1. The third-order valence-corrected chi connectivity index (χ3v) is 2.87. The molecule has 0 aromatic rings. The molecule has 11 heavy (non-hydrogen) atoms. The summed E-state index contributed by atoms with van der Waals surface area (Å²) in [6.07, 6.45) is 7.26. The predicted octanol–water partition coefficient (Wildman–Crippen LogP) is 2.67. The van der Waals surface area contributed by atoms with Crippen LogP contribution in [-0.2, 0) is 0 Å². The molecule has 68 valence electrons. The van der Waals surface area contributed by atoms with Crippen LogP contribution in [0.3, 0.4) is 0 Å². The van der Waals surface area contributed by atoms with E-state index >= 15 is 0 Å². The van der Waals surface area contributed by atoms with Crippen molar-refractivity contribution in [1.29, 1.82) is 0 Å². The van der Waals surface area contributed by atoms with Crippen LogP contribution >= 0.6 is 0 Å². The van der Waals surface area contributed by atoms with Gasteiger partial charge in [-0.05, 0) is 38.3 Å². The van der Waals surface area contributed by atoms with Crippen molar-refractivity contribution < 1.29 is 1.43 Å². The molecule has 0 aromatic carbocycles. The van der Waals surface area contributed by atoms with Gasteiger partial charge in [0.15, 0.2) is 0 Å². The molecule has 0 bridgehead atoms. The first-order valence-electron chi connectivity index (χ1n) is 4.97. The zero-order chi connectivity index (χ0) is 8.10. The molecule has 2 atom stereocenters. The molecule has 1 aliphatic carbocycles. The zero-order valence-corrected chi connectivity index (χ0v) is 7.90. The van der Waals surface area contributed by atoms with Crippen LogP contribution in [0.15, 0.2) is 0 Å². The van der Waals surface area contributed by atoms with Gasteiger partial charge in [-0.1, -0.05) is 26.2 Å². The minimum absolute atomic E-state index is 0. The van der Waals surface area contributed by atoms with Gasteiger partial charge in [0.1, 0.15) is 0 Å². The lowest BCUT2D eigenvalue weighted by atomic mass is 9.99. The van der Waals surface area contributed by atoms with E-state index in [2.05, 4.69) is 19.3 Å². The van der Waals surface area contributed by atoms with Gasteiger partial charge in [-0.15, -0.1) is 0 Å². The second-order valence-corrected chi connectivity index (χ2v) is 4.04. The van der Waals surface area contributed by atoms with Crippen molar-refractivity contribution in [2.45, 2.75) is 39.0 Å². The molecule has 1 saturated carbocycles. The van der Waals surface area contributed by atoms with E-state index in [1.54, 1.807) is 0 Å². The molecule has 1 nitrogen and oxygen atoms in total. The molecular weight excluding hydrogens is 134 g/mol. The highest BCUT2D eigenvalue weighted by atomic mass is 14.8. The maximum atomic E-state index is 3.28. The summed E-state index contributed by atoms with van der Waals surface area (Å²) in [6, 6.07) is 0. The van der Waals surface area contributed by atoms with Crippen LogP contribution in [0.1, 0.15) is 40.5 Å². The van der Waals surface area contributed by atoms with Gasteiger partial charge in [0.05, 0.1) is 0 Å². The van der Waals surface area contributed by atoms with Crippen molar-refractivity contribution in [2.24, 2.45) is 11.8 Å². The molecule has 0 saturated heterocycles. The molecule has 0 radical (unpaired) electrons. The normalized spacial score (nSPS) is 33.3. The van der Waals surface area contributed by atoms with Gasteiger partial charge in [0.2, 0.25) is 0 Å². The van der Waals surface area contributed by atoms with E-state index in [9.17, 15) is 0 Å². The summed E-state index contributed by atoms with van der Waals surface area (Å²) in [5, 5.41) is 3.28. The van der Waals surface area contributed by atoms with E-state index in [0.717, 1.165) is 11.8 Å². The van der Waals surface area contributed by atoms with Crippen LogP contribution < -0.4 is 5.32 Å². The van der Waals surface area contributed by atoms with Crippen LogP contribution in [0.25, 0.3) is 0 Å². The summed E-state index contributed by atoms with van der Waals surface area (Å²) in [6.45, 7) is 3.62. The van der Waals surface area contributed by atoms with E-state index in [-0.39, 0.29) is 1.43 Å². The fourth-order valence-electron chi connectivity index (χ4n) is 2.06. The van der Waals surface area contributed by atoms with E-state index in [1.807, 2.05) is 0 Å². The van der Waals surface area contributed by atoms with Crippen LogP contribution in [0.5, 0.6) is 0 Å². The lowest BCUT2D eigenvalue weighted by molar-refractivity contribution is 0.430. The van der Waals surface area contributed by atoms with E-state index in [1.165, 1.54) is 38.6 Å². The van der Waals surface area contributed by atoms with Crippen LogP contribution in [0.4, 0.5) is 0 Å². The average molecular weight is 157 g/mol. The van der Waals surface area contributed by atoms with Crippen molar-refractivity contribution >= 4 is 0 Å². The first-order valence-corrected chi connectivity index (χ1v) is 4.97. The summed E-state index contributed by atoms with van der Waals surface area (Å²) in [5.41, 5.74) is 0. The predicted molar refractivity (Wildman–Crippen MR) is 51.8 cm³/mol. The van der Waals surface area contributed by atoms with Gasteiger partial charge < -0.3 is 5.32 Å². The van der Waals surface area contributed by atoms with Gasteiger partial charge in [-0.3, -0.25) is 0 Å². The van der Waals surface area contributed by atoms with Crippen LogP contribution in [-0.4, -0.2) is 13.6 Å². The Bertz CT molecular complexity index is 106. The van der Waals surface area contributed by atoms with Crippen molar-refractivity contribution in [2.75, 3.05) is 13.6 Å². The first-order chi connectivity index (χ1) is 5.33. The summed E-state index contributed by atoms with van der Waals surface area (Å²) in [4.78, 5) is 0. The molecule has 0 amide bonds. The van der Waals surface area contributed by atoms with Crippen molar-refractivity contribution in [1.82, 2.24) is 5.32 Å². The third-order valence-electron chi connectivity index (χ3n) is 2.87. The molecule has 0 aliphatic heterocycles. The third kappa shape index (κ3) is 3.24. The second-order valence-electron chi connectivity index (χ2n) is 4.04. The quantitative estimate of drug-likeness (QED) is 0.608. The maximum Gasteiger partial charge on any atom is 0 e. The molecule has 0 unspecified atom stereocenters. The Morgan fingerprint density at radius 3 is 2.82 bits per heavy atom. The largest absolute Gasteiger partial charge is 0.319 e. The highest BCUT2D eigenvalue weighted by Crippen LogP contribution is 2.26. The Hall–Kier alpha value is -0.0400. The highest BCUT2D eigenvalue weighted by Gasteiger charge is 2.14. The Kier molecular flexibility index (Phi) is 3.92. The number of hydrogen-bond donors (Lipinski definition) is 1. The van der Waals surface area contributed by atoms with Crippen molar-refractivity contribution in [3.05, 3.63) is 0 Å². The number of hydrogen-bond acceptors (Lipinski definition) is 1. The van der Waals surface area contributed by atoms with E-state index in [4.69, 9.17) is 0 Å². The molecular formula is C10H23N. The topological polar surface area (TPSA) is 12.0 Å². The van der Waals surface area contributed by atoms with Crippen LogP contribution in [0.2, 0.25) is 0 Å². The van der Waals surface area contributed by atoms with Crippen molar-refractivity contribution in [3.63, 3.8) is 0 Å². The lowest BCUT2D eigenvalue weighted by Crippen LogP contribution is -2.18. The Morgan fingerprint density at radius 1 is 1.27 bits per heavy atom. The molecule has 1 rings (SSSR count). The summed E-state index contributed by atoms with van der Waals surface area (Å²) in [7, 11) is 2.06. The van der Waals surface area contributed by atoms with Crippen molar-refractivity contribution in [3.8, 4) is 0 Å². The minimum atomic E-state index is 0. The summed E-state index contributed by atoms with van der Waals surface area (Å²) < 4.78 is 0. The van der Waals surface area contributed by atoms with E-state index in [0.29, 0.717) is 0 Å². The SMILES string of the molecule is CNC[C@H]1CCC[C@H](C)CC1.[HH]. The first kappa shape index (κ1) is 9.05. The molecule has 1 aliphatic rings. The molecule has 1 fully saturated rings. The second kappa shape index (κ2) is 4.76. The molecule has 1 heteroatoms. The minimum Gasteiger partial charge on any atom is -0.319 e.